The lowest BCUT2D eigenvalue weighted by molar-refractivity contribution is 0.734. The van der Waals surface area contributed by atoms with E-state index < -0.39 is 0 Å². The van der Waals surface area contributed by atoms with Gasteiger partial charge in [-0.25, -0.2) is 9.97 Å². The molecule has 1 fully saturated rings. The van der Waals surface area contributed by atoms with Gasteiger partial charge in [0.1, 0.15) is 17.5 Å². The predicted octanol–water partition coefficient (Wildman–Crippen LogP) is 3.58. The van der Waals surface area contributed by atoms with Crippen LogP contribution in [0, 0.1) is 6.92 Å². The van der Waals surface area contributed by atoms with Gasteiger partial charge in [-0.05, 0) is 31.9 Å². The lowest BCUT2D eigenvalue weighted by Crippen LogP contribution is -2.19. The van der Waals surface area contributed by atoms with Crippen molar-refractivity contribution in [2.75, 3.05) is 16.8 Å². The molecule has 2 atom stereocenters. The maximum Gasteiger partial charge on any atom is 0.135 e. The smallest absolute Gasteiger partial charge is 0.135 e. The van der Waals surface area contributed by atoms with Gasteiger partial charge in [0.2, 0.25) is 0 Å². The van der Waals surface area contributed by atoms with E-state index >= 15 is 0 Å². The van der Waals surface area contributed by atoms with Crippen molar-refractivity contribution < 1.29 is 0 Å². The summed E-state index contributed by atoms with van der Waals surface area (Å²) >= 11 is 2.07. The molecule has 1 aliphatic carbocycles. The zero-order chi connectivity index (χ0) is 14.7. The monoisotopic (exact) mass is 294 g/mol. The van der Waals surface area contributed by atoms with Crippen LogP contribution in [0.25, 0.3) is 0 Å². The Kier molecular flexibility index (Phi) is 5.13. The van der Waals surface area contributed by atoms with Crippen LogP contribution in [-0.4, -0.2) is 27.0 Å². The Morgan fingerprint density at radius 1 is 1.35 bits per heavy atom. The average Bonchev–Trinajstić information content (AvgIpc) is 2.82. The molecule has 2 unspecified atom stereocenters. The summed E-state index contributed by atoms with van der Waals surface area (Å²) in [7, 11) is 0. The number of anilines is 2. The summed E-state index contributed by atoms with van der Waals surface area (Å²) in [6.45, 7) is 8.42. The largest absolute Gasteiger partial charge is 0.383 e. The molecule has 0 saturated heterocycles. The number of hydrogen-bond acceptors (Lipinski definition) is 5. The Hall–Kier alpha value is -0.970. The molecule has 0 spiro atoms. The van der Waals surface area contributed by atoms with Crippen molar-refractivity contribution in [3.8, 4) is 0 Å². The fraction of sp³-hybridized carbons (Fsp3) is 0.733. The molecule has 0 radical (unpaired) electrons. The van der Waals surface area contributed by atoms with Crippen LogP contribution in [-0.2, 0) is 0 Å². The Morgan fingerprint density at radius 3 is 2.75 bits per heavy atom. The van der Waals surface area contributed by atoms with E-state index in [1.165, 1.54) is 25.0 Å². The maximum absolute atomic E-state index is 6.01. The van der Waals surface area contributed by atoms with Crippen molar-refractivity contribution in [2.45, 2.75) is 64.2 Å². The highest BCUT2D eigenvalue weighted by Gasteiger charge is 2.25. The molecule has 3 N–H and O–H groups in total. The Morgan fingerprint density at radius 2 is 2.10 bits per heavy atom. The quantitative estimate of drug-likeness (QED) is 0.869. The standard InChI is InChI=1S/C15H26N4S/c1-5-20-12-7-6-11(8-12)17-15-10(4)13(16)18-14(19-15)9(2)3/h9,11-12H,5-8H2,1-4H3,(H3,16,17,18,19). The van der Waals surface area contributed by atoms with Gasteiger partial charge in [-0.15, -0.1) is 0 Å². The molecule has 1 heterocycles. The van der Waals surface area contributed by atoms with Crippen molar-refractivity contribution in [2.24, 2.45) is 0 Å². The summed E-state index contributed by atoms with van der Waals surface area (Å²) in [6, 6.07) is 0.520. The minimum atomic E-state index is 0.297. The Labute approximate surface area is 126 Å². The van der Waals surface area contributed by atoms with Crippen LogP contribution < -0.4 is 11.1 Å². The van der Waals surface area contributed by atoms with Gasteiger partial charge in [0.05, 0.1) is 0 Å². The second-order valence-electron chi connectivity index (χ2n) is 5.83. The zero-order valence-corrected chi connectivity index (χ0v) is 13.8. The fourth-order valence-corrected chi connectivity index (χ4v) is 3.74. The lowest BCUT2D eigenvalue weighted by atomic mass is 10.2. The summed E-state index contributed by atoms with van der Waals surface area (Å²) < 4.78 is 0. The van der Waals surface area contributed by atoms with Crippen LogP contribution in [0.2, 0.25) is 0 Å². The minimum Gasteiger partial charge on any atom is -0.383 e. The van der Waals surface area contributed by atoms with E-state index in [0.29, 0.717) is 17.8 Å². The van der Waals surface area contributed by atoms with E-state index in [9.17, 15) is 0 Å². The Balaban J connectivity index is 2.09. The lowest BCUT2D eigenvalue weighted by Gasteiger charge is -2.18. The van der Waals surface area contributed by atoms with Gasteiger partial charge >= 0.3 is 0 Å². The van der Waals surface area contributed by atoms with Crippen LogP contribution in [0.4, 0.5) is 11.6 Å². The third-order valence-corrected chi connectivity index (χ3v) is 5.08. The second-order valence-corrected chi connectivity index (χ2v) is 7.40. The van der Waals surface area contributed by atoms with Crippen molar-refractivity contribution in [1.29, 1.82) is 0 Å². The molecule has 20 heavy (non-hydrogen) atoms. The fourth-order valence-electron chi connectivity index (χ4n) is 2.60. The van der Waals surface area contributed by atoms with Gasteiger partial charge in [-0.1, -0.05) is 20.8 Å². The topological polar surface area (TPSA) is 63.8 Å². The van der Waals surface area contributed by atoms with Crippen LogP contribution in [0.1, 0.15) is 57.3 Å². The highest BCUT2D eigenvalue weighted by atomic mass is 32.2. The number of nitrogens with zero attached hydrogens (tertiary/aromatic N) is 2. The summed E-state index contributed by atoms with van der Waals surface area (Å²) in [5, 5.41) is 4.38. The number of aromatic nitrogens is 2. The molecular weight excluding hydrogens is 268 g/mol. The minimum absolute atomic E-state index is 0.297. The van der Waals surface area contributed by atoms with Crippen LogP contribution in [0.5, 0.6) is 0 Å². The first-order valence-electron chi connectivity index (χ1n) is 7.53. The molecule has 1 saturated carbocycles. The highest BCUT2D eigenvalue weighted by Crippen LogP contribution is 2.32. The van der Waals surface area contributed by atoms with Gasteiger partial charge in [-0.3, -0.25) is 0 Å². The van der Waals surface area contributed by atoms with E-state index in [1.807, 2.05) is 6.92 Å². The normalized spacial score (nSPS) is 22.4. The molecule has 0 aliphatic heterocycles. The van der Waals surface area contributed by atoms with Crippen LogP contribution in [0.3, 0.4) is 0 Å². The van der Waals surface area contributed by atoms with Gasteiger partial charge < -0.3 is 11.1 Å². The third-order valence-electron chi connectivity index (χ3n) is 3.84. The van der Waals surface area contributed by atoms with Gasteiger partial charge in [0.25, 0.3) is 0 Å². The maximum atomic E-state index is 6.01. The molecule has 0 aromatic carbocycles. The number of hydrogen-bond donors (Lipinski definition) is 2. The first-order valence-corrected chi connectivity index (χ1v) is 8.58. The Bertz CT molecular complexity index is 461. The number of thioether (sulfide) groups is 1. The summed E-state index contributed by atoms with van der Waals surface area (Å²) in [4.78, 5) is 9.03. The van der Waals surface area contributed by atoms with Crippen molar-refractivity contribution in [3.05, 3.63) is 11.4 Å². The molecule has 1 aromatic heterocycles. The molecular formula is C15H26N4S. The SMILES string of the molecule is CCSC1CCC(Nc2nc(C(C)C)nc(N)c2C)C1. The van der Waals surface area contributed by atoms with E-state index in [0.717, 1.165) is 22.5 Å². The molecule has 0 bridgehead atoms. The molecule has 0 amide bonds. The molecule has 1 aromatic rings. The van der Waals surface area contributed by atoms with E-state index in [-0.39, 0.29) is 0 Å². The summed E-state index contributed by atoms with van der Waals surface area (Å²) in [5.41, 5.74) is 6.99. The van der Waals surface area contributed by atoms with E-state index in [4.69, 9.17) is 5.73 Å². The molecule has 5 heteroatoms. The van der Waals surface area contributed by atoms with Gasteiger partial charge in [-0.2, -0.15) is 11.8 Å². The number of nitrogens with one attached hydrogen (secondary N) is 1. The average molecular weight is 294 g/mol. The molecule has 2 rings (SSSR count). The molecule has 1 aliphatic rings. The van der Waals surface area contributed by atoms with Crippen LogP contribution in [0.15, 0.2) is 0 Å². The van der Waals surface area contributed by atoms with E-state index in [1.54, 1.807) is 0 Å². The molecule has 112 valence electrons. The highest BCUT2D eigenvalue weighted by molar-refractivity contribution is 7.99. The first-order chi connectivity index (χ1) is 9.51. The van der Waals surface area contributed by atoms with Crippen molar-refractivity contribution in [1.82, 2.24) is 9.97 Å². The number of nitrogens with two attached hydrogens (primary N) is 1. The molecule has 4 nitrogen and oxygen atoms in total. The van der Waals surface area contributed by atoms with Gasteiger partial charge in [0.15, 0.2) is 0 Å². The van der Waals surface area contributed by atoms with Crippen LogP contribution >= 0.6 is 11.8 Å². The number of rotatable bonds is 5. The zero-order valence-electron chi connectivity index (χ0n) is 12.9. The van der Waals surface area contributed by atoms with Crippen molar-refractivity contribution >= 4 is 23.4 Å². The van der Waals surface area contributed by atoms with Crippen molar-refractivity contribution in [3.63, 3.8) is 0 Å². The van der Waals surface area contributed by atoms with Gasteiger partial charge in [0, 0.05) is 22.8 Å². The summed E-state index contributed by atoms with van der Waals surface area (Å²) in [6.07, 6.45) is 3.74. The second kappa shape index (κ2) is 6.66. The predicted molar refractivity (Wildman–Crippen MR) is 88.5 cm³/mol. The first kappa shape index (κ1) is 15.4. The summed E-state index contributed by atoms with van der Waals surface area (Å²) in [5.74, 6) is 3.85. The third kappa shape index (κ3) is 3.57. The van der Waals surface area contributed by atoms with E-state index in [2.05, 4.69) is 47.8 Å². The number of nitrogen functional groups attached to an aromatic ring is 1.